The van der Waals surface area contributed by atoms with Crippen LogP contribution in [0.2, 0.25) is 0 Å². The van der Waals surface area contributed by atoms with Gasteiger partial charge in [-0.2, -0.15) is 5.10 Å². The number of hydrogen-bond acceptors (Lipinski definition) is 5. The number of oxazole rings is 1. The molecule has 1 amide bonds. The van der Waals surface area contributed by atoms with Gasteiger partial charge in [0, 0.05) is 16.8 Å². The van der Waals surface area contributed by atoms with Crippen molar-refractivity contribution in [3.63, 3.8) is 0 Å². The predicted molar refractivity (Wildman–Crippen MR) is 164 cm³/mol. The van der Waals surface area contributed by atoms with Gasteiger partial charge in [-0.05, 0) is 46.7 Å². The lowest BCUT2D eigenvalue weighted by Crippen LogP contribution is -2.15. The Morgan fingerprint density at radius 2 is 1.57 bits per heavy atom. The summed E-state index contributed by atoms with van der Waals surface area (Å²) in [4.78, 5) is 17.7. The minimum absolute atomic E-state index is 0.125. The Morgan fingerprint density at radius 1 is 0.833 bits per heavy atom. The monoisotopic (exact) mass is 550 g/mol. The summed E-state index contributed by atoms with van der Waals surface area (Å²) in [5, 5.41) is 12.5. The number of H-pyrrole nitrogens is 1. The van der Waals surface area contributed by atoms with Crippen LogP contribution < -0.4 is 10.1 Å². The third-order valence-electron chi connectivity index (χ3n) is 7.14. The van der Waals surface area contributed by atoms with Crippen LogP contribution in [0.25, 0.3) is 44.6 Å². The molecule has 0 saturated heterocycles. The van der Waals surface area contributed by atoms with Crippen molar-refractivity contribution in [3.8, 4) is 28.5 Å². The second-order valence-corrected chi connectivity index (χ2v) is 10.0. The number of nitrogens with zero attached hydrogens (tertiary/aromatic N) is 2. The molecule has 0 saturated carbocycles. The Labute approximate surface area is 241 Å². The highest BCUT2D eigenvalue weighted by Gasteiger charge is 2.17. The Hall–Kier alpha value is -5.69. The lowest BCUT2D eigenvalue weighted by Gasteiger charge is -2.12. The van der Waals surface area contributed by atoms with Gasteiger partial charge in [-0.15, -0.1) is 0 Å². The van der Waals surface area contributed by atoms with E-state index in [2.05, 4.69) is 27.6 Å². The van der Waals surface area contributed by atoms with Crippen LogP contribution in [-0.2, 0) is 17.8 Å². The number of hydrogen-bond donors (Lipinski definition) is 2. The number of aromatic nitrogens is 3. The van der Waals surface area contributed by atoms with Gasteiger partial charge in [0.2, 0.25) is 11.8 Å². The number of anilines is 1. The Kier molecular flexibility index (Phi) is 6.66. The maximum atomic E-state index is 12.9. The summed E-state index contributed by atoms with van der Waals surface area (Å²) in [6, 6.07) is 37.4. The van der Waals surface area contributed by atoms with Crippen LogP contribution in [0.15, 0.2) is 126 Å². The lowest BCUT2D eigenvalue weighted by molar-refractivity contribution is -0.115. The van der Waals surface area contributed by atoms with E-state index >= 15 is 0 Å². The van der Waals surface area contributed by atoms with Crippen molar-refractivity contribution in [1.82, 2.24) is 15.2 Å². The van der Waals surface area contributed by atoms with E-state index in [1.54, 1.807) is 6.20 Å². The van der Waals surface area contributed by atoms with Crippen LogP contribution in [0.1, 0.15) is 11.1 Å². The third-order valence-corrected chi connectivity index (χ3v) is 7.14. The first-order valence-corrected chi connectivity index (χ1v) is 13.7. The summed E-state index contributed by atoms with van der Waals surface area (Å²) >= 11 is 0. The zero-order valence-electron chi connectivity index (χ0n) is 22.6. The first kappa shape index (κ1) is 25.3. The summed E-state index contributed by atoms with van der Waals surface area (Å²) in [6.07, 6.45) is 1.91. The van der Waals surface area contributed by atoms with E-state index in [1.165, 1.54) is 0 Å². The number of aromatic amines is 1. The summed E-state index contributed by atoms with van der Waals surface area (Å²) in [5.41, 5.74) is 6.56. The number of nitrogens with one attached hydrogen (secondary N) is 2. The van der Waals surface area contributed by atoms with E-state index in [-0.39, 0.29) is 12.3 Å². The second-order valence-electron chi connectivity index (χ2n) is 10.0. The van der Waals surface area contributed by atoms with Crippen LogP contribution >= 0.6 is 0 Å². The Balaban J connectivity index is 1.05. The zero-order chi connectivity index (χ0) is 28.3. The molecule has 0 aliphatic rings. The van der Waals surface area contributed by atoms with Crippen molar-refractivity contribution in [2.75, 3.05) is 5.32 Å². The van der Waals surface area contributed by atoms with Gasteiger partial charge in [0.25, 0.3) is 0 Å². The van der Waals surface area contributed by atoms with Crippen molar-refractivity contribution in [2.45, 2.75) is 13.0 Å². The maximum absolute atomic E-state index is 12.9. The van der Waals surface area contributed by atoms with Gasteiger partial charge in [0.05, 0.1) is 23.9 Å². The first-order chi connectivity index (χ1) is 20.7. The fraction of sp³-hybridized carbons (Fsp3) is 0.0571. The molecular formula is C35H26N4O3. The molecule has 5 aromatic carbocycles. The zero-order valence-corrected chi connectivity index (χ0v) is 22.6. The Bertz CT molecular complexity index is 1960. The molecule has 7 aromatic rings. The molecule has 0 atom stereocenters. The minimum Gasteiger partial charge on any atom is -0.489 e. The average Bonchev–Trinajstić information content (AvgIpc) is 3.67. The molecule has 0 spiro atoms. The SMILES string of the molecule is O=C(Cc1ccccc1OCc1ccccc1)Nc1ccc(-c2[nH]ncc2-c2nc3cc4ccccc4cc3o2)cc1. The molecule has 2 aromatic heterocycles. The summed E-state index contributed by atoms with van der Waals surface area (Å²) in [6.45, 7) is 0.441. The highest BCUT2D eigenvalue weighted by atomic mass is 16.5. The van der Waals surface area contributed by atoms with E-state index < -0.39 is 0 Å². The standard InChI is InChI=1S/C35H26N4O3/c40-33(20-27-12-6-7-13-31(27)41-22-23-8-2-1-3-9-23)37-28-16-14-24(15-17-28)34-29(21-36-39-34)35-38-30-18-25-10-4-5-11-26(25)19-32(30)42-35/h1-19,21H,20,22H2,(H,36,39)(H,37,40). The topological polar surface area (TPSA) is 93.0 Å². The second kappa shape index (κ2) is 11.1. The molecule has 42 heavy (non-hydrogen) atoms. The molecule has 0 aliphatic heterocycles. The normalized spacial score (nSPS) is 11.1. The van der Waals surface area contributed by atoms with Crippen LogP contribution in [0, 0.1) is 0 Å². The van der Waals surface area contributed by atoms with Gasteiger partial charge in [0.1, 0.15) is 17.9 Å². The van der Waals surface area contributed by atoms with Crippen LogP contribution in [0.4, 0.5) is 5.69 Å². The number of benzene rings is 5. The third kappa shape index (κ3) is 5.23. The van der Waals surface area contributed by atoms with Gasteiger partial charge in [-0.3, -0.25) is 9.89 Å². The summed E-state index contributed by atoms with van der Waals surface area (Å²) < 4.78 is 12.1. The quantitative estimate of drug-likeness (QED) is 0.201. The molecule has 0 aliphatic carbocycles. The smallest absolute Gasteiger partial charge is 0.231 e. The number of carbonyl (C=O) groups is 1. The van der Waals surface area contributed by atoms with E-state index in [4.69, 9.17) is 14.1 Å². The molecule has 7 heteroatoms. The summed E-state index contributed by atoms with van der Waals surface area (Å²) in [5.74, 6) is 1.07. The molecule has 7 nitrogen and oxygen atoms in total. The van der Waals surface area contributed by atoms with Gasteiger partial charge < -0.3 is 14.5 Å². The molecule has 2 N–H and O–H groups in total. The fourth-order valence-electron chi connectivity index (χ4n) is 5.02. The molecule has 7 rings (SSSR count). The summed E-state index contributed by atoms with van der Waals surface area (Å²) in [7, 11) is 0. The minimum atomic E-state index is -0.125. The largest absolute Gasteiger partial charge is 0.489 e. The number of amides is 1. The Morgan fingerprint density at radius 3 is 2.40 bits per heavy atom. The number of para-hydroxylation sites is 1. The maximum Gasteiger partial charge on any atom is 0.231 e. The van der Waals surface area contributed by atoms with E-state index in [9.17, 15) is 4.79 Å². The van der Waals surface area contributed by atoms with Gasteiger partial charge >= 0.3 is 0 Å². The highest BCUT2D eigenvalue weighted by molar-refractivity contribution is 5.95. The molecule has 0 unspecified atom stereocenters. The molecule has 0 bridgehead atoms. The molecule has 0 fully saturated rings. The van der Waals surface area contributed by atoms with Gasteiger partial charge in [0.15, 0.2) is 5.58 Å². The predicted octanol–water partition coefficient (Wildman–Crippen LogP) is 7.80. The van der Waals surface area contributed by atoms with Gasteiger partial charge in [-0.1, -0.05) is 84.9 Å². The van der Waals surface area contributed by atoms with Gasteiger partial charge in [-0.25, -0.2) is 4.98 Å². The van der Waals surface area contributed by atoms with Crippen LogP contribution in [-0.4, -0.2) is 21.1 Å². The van der Waals surface area contributed by atoms with E-state index in [1.807, 2.05) is 103 Å². The number of fused-ring (bicyclic) bond motifs is 2. The van der Waals surface area contributed by atoms with Crippen molar-refractivity contribution in [1.29, 1.82) is 0 Å². The van der Waals surface area contributed by atoms with E-state index in [0.29, 0.717) is 23.9 Å². The fourth-order valence-corrected chi connectivity index (χ4v) is 5.02. The van der Waals surface area contributed by atoms with E-state index in [0.717, 1.165) is 49.8 Å². The molecular weight excluding hydrogens is 524 g/mol. The van der Waals surface area contributed by atoms with Crippen molar-refractivity contribution < 1.29 is 13.9 Å². The molecule has 204 valence electrons. The lowest BCUT2D eigenvalue weighted by atomic mass is 10.1. The van der Waals surface area contributed by atoms with Crippen molar-refractivity contribution >= 4 is 33.5 Å². The number of rotatable bonds is 8. The number of ether oxygens (including phenoxy) is 1. The first-order valence-electron chi connectivity index (χ1n) is 13.7. The highest BCUT2D eigenvalue weighted by Crippen LogP contribution is 2.33. The van der Waals surface area contributed by atoms with Crippen molar-refractivity contribution in [3.05, 3.63) is 133 Å². The van der Waals surface area contributed by atoms with Crippen LogP contribution in [0.3, 0.4) is 0 Å². The van der Waals surface area contributed by atoms with Crippen LogP contribution in [0.5, 0.6) is 5.75 Å². The van der Waals surface area contributed by atoms with Crippen molar-refractivity contribution in [2.24, 2.45) is 0 Å². The average molecular weight is 551 g/mol. The molecule has 2 heterocycles. The number of carbonyl (C=O) groups excluding carboxylic acids is 1. The molecule has 0 radical (unpaired) electrons.